The molecule has 0 saturated heterocycles. The van der Waals surface area contributed by atoms with Crippen LogP contribution in [0, 0.1) is 5.92 Å². The highest BCUT2D eigenvalue weighted by Crippen LogP contribution is 2.27. The van der Waals surface area contributed by atoms with Gasteiger partial charge in [0.1, 0.15) is 0 Å². The van der Waals surface area contributed by atoms with Gasteiger partial charge in [-0.3, -0.25) is 0 Å². The maximum Gasteiger partial charge on any atom is -0.00205 e. The molecule has 0 atom stereocenters. The summed E-state index contributed by atoms with van der Waals surface area (Å²) in [7, 11) is 0. The van der Waals surface area contributed by atoms with E-state index in [1.165, 1.54) is 50.9 Å². The van der Waals surface area contributed by atoms with Gasteiger partial charge in [0, 0.05) is 0 Å². The smallest absolute Gasteiger partial charge is 0.00205 e. The summed E-state index contributed by atoms with van der Waals surface area (Å²) in [4.78, 5) is 0. The molecule has 1 saturated carbocycles. The van der Waals surface area contributed by atoms with Crippen LogP contribution in [-0.2, 0) is 0 Å². The van der Waals surface area contributed by atoms with Gasteiger partial charge in [0.05, 0.1) is 0 Å². The summed E-state index contributed by atoms with van der Waals surface area (Å²) in [5.41, 5.74) is 0. The Kier molecular flexibility index (Phi) is 5.88. The molecule has 0 aromatic heterocycles. The van der Waals surface area contributed by atoms with Gasteiger partial charge in [0.2, 0.25) is 0 Å². The Morgan fingerprint density at radius 3 is 2.75 bits per heavy atom. The van der Waals surface area contributed by atoms with Gasteiger partial charge >= 0.3 is 0 Å². The van der Waals surface area contributed by atoms with Gasteiger partial charge in [-0.05, 0) is 56.7 Å². The molecule has 0 amide bonds. The number of unbranched alkanes of at least 4 members (excludes halogenated alkanes) is 2. The zero-order valence-electron chi connectivity index (χ0n) is 8.14. The third-order valence-electron chi connectivity index (χ3n) is 2.33. The zero-order valence-corrected chi connectivity index (χ0v) is 8.96. The van der Waals surface area contributed by atoms with Crippen molar-refractivity contribution < 1.29 is 0 Å². The second kappa shape index (κ2) is 6.79. The van der Waals surface area contributed by atoms with Crippen molar-refractivity contribution in [3.63, 3.8) is 0 Å². The highest BCUT2D eigenvalue weighted by molar-refractivity contribution is 7.98. The van der Waals surface area contributed by atoms with Crippen LogP contribution in [0.5, 0.6) is 0 Å². The lowest BCUT2D eigenvalue weighted by Crippen LogP contribution is -2.17. The van der Waals surface area contributed by atoms with Crippen LogP contribution >= 0.6 is 11.8 Å². The van der Waals surface area contributed by atoms with Crippen molar-refractivity contribution in [3.05, 3.63) is 0 Å². The molecular weight excluding hydrogens is 166 g/mol. The predicted molar refractivity (Wildman–Crippen MR) is 57.8 cm³/mol. The molecule has 0 aliphatic heterocycles. The lowest BCUT2D eigenvalue weighted by atomic mass is 10.2. The fourth-order valence-electron chi connectivity index (χ4n) is 1.30. The Bertz CT molecular complexity index is 102. The average Bonchev–Trinajstić information content (AvgIpc) is 2.87. The first kappa shape index (κ1) is 10.4. The molecule has 0 radical (unpaired) electrons. The van der Waals surface area contributed by atoms with E-state index >= 15 is 0 Å². The molecule has 1 aliphatic rings. The number of rotatable bonds is 8. The van der Waals surface area contributed by atoms with Gasteiger partial charge in [-0.25, -0.2) is 0 Å². The minimum absolute atomic E-state index is 1.04. The minimum atomic E-state index is 1.04. The number of hydrogen-bond donors (Lipinski definition) is 1. The first-order valence-electron chi connectivity index (χ1n) is 5.13. The van der Waals surface area contributed by atoms with Crippen LogP contribution in [0.3, 0.4) is 0 Å². The first-order chi connectivity index (χ1) is 5.93. The van der Waals surface area contributed by atoms with E-state index in [0.717, 1.165) is 5.92 Å². The molecule has 0 aromatic rings. The molecule has 1 fully saturated rings. The minimum Gasteiger partial charge on any atom is -0.316 e. The van der Waals surface area contributed by atoms with Gasteiger partial charge in [-0.15, -0.1) is 0 Å². The van der Waals surface area contributed by atoms with Crippen molar-refractivity contribution in [2.45, 2.75) is 32.1 Å². The molecule has 72 valence electrons. The van der Waals surface area contributed by atoms with Crippen LogP contribution in [0.1, 0.15) is 32.1 Å². The fraction of sp³-hybridized carbons (Fsp3) is 1.00. The van der Waals surface area contributed by atoms with Crippen molar-refractivity contribution in [2.24, 2.45) is 5.92 Å². The van der Waals surface area contributed by atoms with Crippen LogP contribution in [0.4, 0.5) is 0 Å². The van der Waals surface area contributed by atoms with Gasteiger partial charge in [0.25, 0.3) is 0 Å². The SMILES string of the molecule is CSCCCCCNCC1CC1. The topological polar surface area (TPSA) is 12.0 Å². The van der Waals surface area contributed by atoms with E-state index in [2.05, 4.69) is 11.6 Å². The highest BCUT2D eigenvalue weighted by atomic mass is 32.2. The van der Waals surface area contributed by atoms with E-state index in [1.54, 1.807) is 0 Å². The molecule has 0 spiro atoms. The Hall–Kier alpha value is 0.310. The Labute approximate surface area is 80.7 Å². The number of hydrogen-bond acceptors (Lipinski definition) is 2. The molecule has 1 aliphatic carbocycles. The lowest BCUT2D eigenvalue weighted by molar-refractivity contribution is 0.593. The summed E-state index contributed by atoms with van der Waals surface area (Å²) in [5, 5.41) is 3.52. The Balaban J connectivity index is 1.65. The Morgan fingerprint density at radius 1 is 1.25 bits per heavy atom. The zero-order chi connectivity index (χ0) is 8.65. The summed E-state index contributed by atoms with van der Waals surface area (Å²) in [6.07, 6.45) is 9.29. The largest absolute Gasteiger partial charge is 0.316 e. The second-order valence-corrected chi connectivity index (χ2v) is 4.69. The number of nitrogens with one attached hydrogen (secondary N) is 1. The number of thioether (sulfide) groups is 1. The van der Waals surface area contributed by atoms with Gasteiger partial charge < -0.3 is 5.32 Å². The van der Waals surface area contributed by atoms with Gasteiger partial charge in [-0.2, -0.15) is 11.8 Å². The maximum atomic E-state index is 3.52. The van der Waals surface area contributed by atoms with E-state index in [-0.39, 0.29) is 0 Å². The van der Waals surface area contributed by atoms with Crippen LogP contribution in [-0.4, -0.2) is 25.1 Å². The van der Waals surface area contributed by atoms with Crippen LogP contribution in [0.25, 0.3) is 0 Å². The standard InChI is InChI=1S/C10H21NS/c1-12-8-4-2-3-7-11-9-10-5-6-10/h10-11H,2-9H2,1H3. The highest BCUT2D eigenvalue weighted by Gasteiger charge is 2.19. The first-order valence-corrected chi connectivity index (χ1v) is 6.52. The van der Waals surface area contributed by atoms with Crippen molar-refractivity contribution in [1.29, 1.82) is 0 Å². The van der Waals surface area contributed by atoms with E-state index in [1.807, 2.05) is 11.8 Å². The van der Waals surface area contributed by atoms with Crippen molar-refractivity contribution in [3.8, 4) is 0 Å². The summed E-state index contributed by atoms with van der Waals surface area (Å²) < 4.78 is 0. The summed E-state index contributed by atoms with van der Waals surface area (Å²) in [6.45, 7) is 2.52. The van der Waals surface area contributed by atoms with Crippen LogP contribution in [0.15, 0.2) is 0 Å². The average molecular weight is 187 g/mol. The van der Waals surface area contributed by atoms with Crippen LogP contribution < -0.4 is 5.32 Å². The molecule has 12 heavy (non-hydrogen) atoms. The van der Waals surface area contributed by atoms with E-state index in [9.17, 15) is 0 Å². The van der Waals surface area contributed by atoms with Crippen LogP contribution in [0.2, 0.25) is 0 Å². The Morgan fingerprint density at radius 2 is 2.08 bits per heavy atom. The third-order valence-corrected chi connectivity index (χ3v) is 3.03. The van der Waals surface area contributed by atoms with Gasteiger partial charge in [0.15, 0.2) is 0 Å². The van der Waals surface area contributed by atoms with Gasteiger partial charge in [-0.1, -0.05) is 6.42 Å². The van der Waals surface area contributed by atoms with Crippen molar-refractivity contribution >= 4 is 11.8 Å². The monoisotopic (exact) mass is 187 g/mol. The molecule has 1 rings (SSSR count). The normalized spacial score (nSPS) is 16.8. The molecule has 0 bridgehead atoms. The summed E-state index contributed by atoms with van der Waals surface area (Å²) in [6, 6.07) is 0. The van der Waals surface area contributed by atoms with E-state index in [4.69, 9.17) is 0 Å². The van der Waals surface area contributed by atoms with Crippen molar-refractivity contribution in [1.82, 2.24) is 5.32 Å². The molecule has 0 aromatic carbocycles. The fourth-order valence-corrected chi connectivity index (χ4v) is 1.79. The van der Waals surface area contributed by atoms with Crippen molar-refractivity contribution in [2.75, 3.05) is 25.1 Å². The quantitative estimate of drug-likeness (QED) is 0.586. The molecular formula is C10H21NS. The molecule has 2 heteroatoms. The predicted octanol–water partition coefficient (Wildman–Crippen LogP) is 2.52. The third kappa shape index (κ3) is 5.90. The van der Waals surface area contributed by atoms with E-state index < -0.39 is 0 Å². The second-order valence-electron chi connectivity index (χ2n) is 3.70. The molecule has 1 N–H and O–H groups in total. The lowest BCUT2D eigenvalue weighted by Gasteiger charge is -2.02. The molecule has 0 unspecified atom stereocenters. The van der Waals surface area contributed by atoms with E-state index in [0.29, 0.717) is 0 Å². The summed E-state index contributed by atoms with van der Waals surface area (Å²) in [5.74, 6) is 2.37. The molecule has 0 heterocycles. The molecule has 1 nitrogen and oxygen atoms in total. The maximum absolute atomic E-state index is 3.52. The summed E-state index contributed by atoms with van der Waals surface area (Å²) >= 11 is 1.96.